The SMILES string of the molecule is C[C@]12CCC3c4cccc(F)c4CCC3C1[C@H](CCC(O)NC1=NCCS1)CC2=O. The van der Waals surface area contributed by atoms with Crippen molar-refractivity contribution in [2.24, 2.45) is 28.2 Å². The monoisotopic (exact) mass is 430 g/mol. The lowest BCUT2D eigenvalue weighted by Gasteiger charge is -2.50. The van der Waals surface area contributed by atoms with Crippen molar-refractivity contribution < 1.29 is 14.3 Å². The van der Waals surface area contributed by atoms with Gasteiger partial charge in [-0.3, -0.25) is 9.79 Å². The summed E-state index contributed by atoms with van der Waals surface area (Å²) in [6, 6.07) is 5.53. The number of fused-ring (bicyclic) bond motifs is 5. The van der Waals surface area contributed by atoms with Gasteiger partial charge in [-0.1, -0.05) is 30.8 Å². The highest BCUT2D eigenvalue weighted by Gasteiger charge is 2.58. The second kappa shape index (κ2) is 7.94. The Morgan fingerprint density at radius 3 is 3.07 bits per heavy atom. The van der Waals surface area contributed by atoms with E-state index in [1.165, 1.54) is 5.56 Å². The second-order valence-electron chi connectivity index (χ2n) is 9.76. The maximum atomic E-state index is 14.4. The molecule has 1 heterocycles. The molecule has 0 radical (unpaired) electrons. The molecular weight excluding hydrogens is 399 g/mol. The van der Waals surface area contributed by atoms with Crippen molar-refractivity contribution in [3.05, 3.63) is 35.1 Å². The van der Waals surface area contributed by atoms with E-state index < -0.39 is 6.23 Å². The number of rotatable bonds is 4. The Balaban J connectivity index is 1.34. The summed E-state index contributed by atoms with van der Waals surface area (Å²) >= 11 is 1.65. The number of thioether (sulfide) groups is 1. The Bertz CT molecular complexity index is 875. The maximum absolute atomic E-state index is 14.4. The van der Waals surface area contributed by atoms with E-state index in [0.29, 0.717) is 42.3 Å². The number of benzene rings is 1. The Kier molecular flexibility index (Phi) is 5.42. The van der Waals surface area contributed by atoms with Gasteiger partial charge in [0.15, 0.2) is 5.17 Å². The Morgan fingerprint density at radius 1 is 1.40 bits per heavy atom. The highest BCUT2D eigenvalue weighted by Crippen LogP contribution is 2.62. The van der Waals surface area contributed by atoms with Crippen molar-refractivity contribution >= 4 is 22.7 Å². The smallest absolute Gasteiger partial charge is 0.158 e. The number of carbonyl (C=O) groups is 1. The van der Waals surface area contributed by atoms with Crippen molar-refractivity contribution in [1.82, 2.24) is 5.32 Å². The van der Waals surface area contributed by atoms with E-state index in [9.17, 15) is 14.3 Å². The number of nitrogens with zero attached hydrogens (tertiary/aromatic N) is 1. The van der Waals surface area contributed by atoms with Gasteiger partial charge in [0.2, 0.25) is 0 Å². The van der Waals surface area contributed by atoms with Crippen LogP contribution in [-0.2, 0) is 11.2 Å². The van der Waals surface area contributed by atoms with Gasteiger partial charge in [0.05, 0.1) is 6.54 Å². The number of aliphatic imine (C=N–C) groups is 1. The Hall–Kier alpha value is -1.40. The molecule has 0 aromatic heterocycles. The Morgan fingerprint density at radius 2 is 2.27 bits per heavy atom. The number of aliphatic hydroxyl groups excluding tert-OH is 1. The van der Waals surface area contributed by atoms with Gasteiger partial charge in [-0.15, -0.1) is 0 Å². The quantitative estimate of drug-likeness (QED) is 0.701. The van der Waals surface area contributed by atoms with Crippen molar-refractivity contribution in [1.29, 1.82) is 0 Å². The zero-order valence-corrected chi connectivity index (χ0v) is 18.4. The molecule has 1 aromatic carbocycles. The minimum atomic E-state index is -0.614. The second-order valence-corrected chi connectivity index (χ2v) is 10.8. The van der Waals surface area contributed by atoms with E-state index in [1.807, 2.05) is 6.07 Å². The molecule has 6 heteroatoms. The number of Topliss-reactive ketones (excluding diaryl/α,β-unsaturated/α-hetero) is 1. The third kappa shape index (κ3) is 3.40. The van der Waals surface area contributed by atoms with Crippen LogP contribution in [0.1, 0.15) is 62.5 Å². The maximum Gasteiger partial charge on any atom is 0.158 e. The van der Waals surface area contributed by atoms with E-state index in [-0.39, 0.29) is 11.2 Å². The fourth-order valence-electron chi connectivity index (χ4n) is 6.91. The molecule has 4 aliphatic rings. The topological polar surface area (TPSA) is 61.7 Å². The first-order chi connectivity index (χ1) is 14.5. The minimum absolute atomic E-state index is 0.0692. The predicted molar refractivity (Wildman–Crippen MR) is 118 cm³/mol. The number of carbonyl (C=O) groups excluding carboxylic acids is 1. The average Bonchev–Trinajstić information content (AvgIpc) is 3.32. The summed E-state index contributed by atoms with van der Waals surface area (Å²) in [5.41, 5.74) is 1.84. The molecule has 1 aromatic rings. The molecule has 2 fully saturated rings. The number of ketones is 1. The van der Waals surface area contributed by atoms with Gasteiger partial charge in [-0.25, -0.2) is 4.39 Å². The molecule has 0 bridgehead atoms. The average molecular weight is 431 g/mol. The molecule has 0 spiro atoms. The van der Waals surface area contributed by atoms with Gasteiger partial charge >= 0.3 is 0 Å². The lowest BCUT2D eigenvalue weighted by Crippen LogP contribution is -2.44. The van der Waals surface area contributed by atoms with Crippen LogP contribution in [0.15, 0.2) is 23.2 Å². The largest absolute Gasteiger partial charge is 0.374 e. The summed E-state index contributed by atoms with van der Waals surface area (Å²) in [4.78, 5) is 17.4. The van der Waals surface area contributed by atoms with E-state index in [1.54, 1.807) is 17.8 Å². The summed E-state index contributed by atoms with van der Waals surface area (Å²) in [7, 11) is 0. The molecule has 0 amide bonds. The van der Waals surface area contributed by atoms with Crippen LogP contribution < -0.4 is 5.32 Å². The van der Waals surface area contributed by atoms with Gasteiger partial charge in [0.25, 0.3) is 0 Å². The van der Waals surface area contributed by atoms with E-state index in [0.717, 1.165) is 55.1 Å². The van der Waals surface area contributed by atoms with Gasteiger partial charge in [0, 0.05) is 17.6 Å². The fraction of sp³-hybridized carbons (Fsp3) is 0.667. The minimum Gasteiger partial charge on any atom is -0.374 e. The van der Waals surface area contributed by atoms with Crippen LogP contribution in [0.5, 0.6) is 0 Å². The normalized spacial score (nSPS) is 36.0. The van der Waals surface area contributed by atoms with Crippen LogP contribution in [0.3, 0.4) is 0 Å². The van der Waals surface area contributed by atoms with Gasteiger partial charge in [-0.05, 0) is 79.4 Å². The van der Waals surface area contributed by atoms with Crippen LogP contribution in [0.25, 0.3) is 0 Å². The molecular formula is C24H31FN2O2S. The third-order valence-electron chi connectivity index (χ3n) is 8.25. The van der Waals surface area contributed by atoms with Gasteiger partial charge in [0.1, 0.15) is 17.8 Å². The highest BCUT2D eigenvalue weighted by molar-refractivity contribution is 8.14. The number of nitrogens with one attached hydrogen (secondary N) is 1. The molecule has 0 saturated heterocycles. The summed E-state index contributed by atoms with van der Waals surface area (Å²) in [5, 5.41) is 14.4. The van der Waals surface area contributed by atoms with E-state index >= 15 is 0 Å². The number of halogens is 1. The number of aliphatic hydroxyl groups is 1. The molecule has 162 valence electrons. The molecule has 2 saturated carbocycles. The van der Waals surface area contributed by atoms with Crippen molar-refractivity contribution in [3.63, 3.8) is 0 Å². The first-order valence-corrected chi connectivity index (χ1v) is 12.4. The predicted octanol–water partition coefficient (Wildman–Crippen LogP) is 4.27. The lowest BCUT2D eigenvalue weighted by atomic mass is 9.54. The van der Waals surface area contributed by atoms with Crippen molar-refractivity contribution in [3.8, 4) is 0 Å². The lowest BCUT2D eigenvalue weighted by molar-refractivity contribution is -0.129. The van der Waals surface area contributed by atoms with Gasteiger partial charge < -0.3 is 10.4 Å². The number of amidine groups is 1. The molecule has 30 heavy (non-hydrogen) atoms. The fourth-order valence-corrected chi connectivity index (χ4v) is 7.69. The van der Waals surface area contributed by atoms with Crippen LogP contribution in [-0.4, -0.2) is 34.6 Å². The Labute approximate surface area is 182 Å². The van der Waals surface area contributed by atoms with Crippen molar-refractivity contribution in [2.75, 3.05) is 12.3 Å². The van der Waals surface area contributed by atoms with Crippen LogP contribution in [0, 0.1) is 29.0 Å². The van der Waals surface area contributed by atoms with E-state index in [2.05, 4.69) is 23.3 Å². The zero-order valence-electron chi connectivity index (χ0n) is 17.6. The third-order valence-corrected chi connectivity index (χ3v) is 9.16. The van der Waals surface area contributed by atoms with Crippen LogP contribution in [0.2, 0.25) is 0 Å². The summed E-state index contributed by atoms with van der Waals surface area (Å²) in [5.74, 6) is 2.75. The molecule has 4 nitrogen and oxygen atoms in total. The molecule has 2 N–H and O–H groups in total. The van der Waals surface area contributed by atoms with Gasteiger partial charge in [-0.2, -0.15) is 0 Å². The zero-order chi connectivity index (χ0) is 20.9. The molecule has 4 unspecified atom stereocenters. The molecule has 6 atom stereocenters. The number of hydrogen-bond donors (Lipinski definition) is 2. The molecule has 3 aliphatic carbocycles. The standard InChI is InChI=1S/C24H31FN2O2S/c1-24-10-9-16-15-3-2-4-19(25)17(15)6-7-18(16)22(24)14(13-20(24)28)5-8-21(29)27-23-26-11-12-30-23/h2-4,14,16,18,21-22,29H,5-13H2,1H3,(H,26,27)/t14-,16?,18?,21?,22?,24-/m1/s1. The van der Waals surface area contributed by atoms with Crippen LogP contribution in [0.4, 0.5) is 4.39 Å². The molecule has 5 rings (SSSR count). The highest BCUT2D eigenvalue weighted by atomic mass is 32.2. The van der Waals surface area contributed by atoms with Crippen LogP contribution >= 0.6 is 11.8 Å². The first kappa shape index (κ1) is 20.5. The summed E-state index contributed by atoms with van der Waals surface area (Å²) in [6.45, 7) is 2.98. The summed E-state index contributed by atoms with van der Waals surface area (Å²) in [6.07, 6.45) is 5.12. The number of hydrogen-bond acceptors (Lipinski definition) is 5. The summed E-state index contributed by atoms with van der Waals surface area (Å²) < 4.78 is 14.4. The van der Waals surface area contributed by atoms with Crippen molar-refractivity contribution in [2.45, 2.75) is 64.0 Å². The van der Waals surface area contributed by atoms with E-state index in [4.69, 9.17) is 0 Å². The first-order valence-electron chi connectivity index (χ1n) is 11.4. The molecule has 1 aliphatic heterocycles.